The highest BCUT2D eigenvalue weighted by molar-refractivity contribution is 7.92. The topological polar surface area (TPSA) is 109 Å². The fourth-order valence-corrected chi connectivity index (χ4v) is 6.65. The van der Waals surface area contributed by atoms with Gasteiger partial charge in [0.25, 0.3) is 10.0 Å². The lowest BCUT2D eigenvalue weighted by Crippen LogP contribution is -2.38. The van der Waals surface area contributed by atoms with Crippen LogP contribution in [-0.4, -0.2) is 54.4 Å². The molecule has 10 nitrogen and oxygen atoms in total. The van der Waals surface area contributed by atoms with Crippen molar-refractivity contribution in [2.45, 2.75) is 48.6 Å². The Labute approximate surface area is 247 Å². The molecule has 0 amide bonds. The van der Waals surface area contributed by atoms with Crippen molar-refractivity contribution in [3.05, 3.63) is 84.3 Å². The van der Waals surface area contributed by atoms with Crippen molar-refractivity contribution in [2.75, 3.05) is 18.5 Å². The molecule has 0 saturated heterocycles. The number of anilines is 1. The van der Waals surface area contributed by atoms with E-state index in [4.69, 9.17) is 14.2 Å². The Morgan fingerprint density at radius 2 is 1.84 bits per heavy atom. The number of ether oxygens (including phenoxy) is 3. The zero-order valence-corrected chi connectivity index (χ0v) is 24.5. The lowest BCUT2D eigenvalue weighted by atomic mass is 9.81. The minimum Gasteiger partial charge on any atom is -0.497 e. The van der Waals surface area contributed by atoms with Crippen molar-refractivity contribution in [1.29, 1.82) is 0 Å². The molecule has 5 rings (SSSR count). The molecule has 4 aromatic rings. The summed E-state index contributed by atoms with van der Waals surface area (Å²) in [7, 11) is 0.0582. The number of halogens is 3. The molecule has 0 radical (unpaired) electrons. The van der Waals surface area contributed by atoms with Crippen LogP contribution in [-0.2, 0) is 23.6 Å². The first-order valence-electron chi connectivity index (χ1n) is 13.3. The smallest absolute Gasteiger partial charge is 0.268 e. The first-order chi connectivity index (χ1) is 20.5. The average molecular weight is 618 g/mol. The first-order valence-corrected chi connectivity index (χ1v) is 14.8. The van der Waals surface area contributed by atoms with Gasteiger partial charge < -0.3 is 14.2 Å². The largest absolute Gasteiger partial charge is 0.497 e. The minimum atomic E-state index is -4.53. The molecule has 1 aliphatic carbocycles. The van der Waals surface area contributed by atoms with E-state index in [-0.39, 0.29) is 31.0 Å². The quantitative estimate of drug-likeness (QED) is 0.242. The monoisotopic (exact) mass is 617 g/mol. The maximum atomic E-state index is 15.6. The zero-order chi connectivity index (χ0) is 30.8. The molecule has 0 spiro atoms. The molecular weight excluding hydrogens is 587 g/mol. The molecule has 2 heterocycles. The summed E-state index contributed by atoms with van der Waals surface area (Å²) in [6.07, 6.45) is 2.56. The Kier molecular flexibility index (Phi) is 8.49. The standard InChI is InChI=1S/C29H30F3N5O5S/c1-36-24(9-13-35-36)22-16-29(31,32)11-8-25(22)42-21-6-7-27(23(30)14-21)43(38,39)37(28-10-12-33-18-34-28)17-19-4-5-20(40-2)15-26(19)41-3/h4-7,9-10,12-15,18,22,25H,8,11,16-17H2,1-3H3. The summed E-state index contributed by atoms with van der Waals surface area (Å²) in [5.41, 5.74) is 1.04. The molecule has 0 aliphatic heterocycles. The van der Waals surface area contributed by atoms with E-state index in [0.29, 0.717) is 22.8 Å². The van der Waals surface area contributed by atoms with Gasteiger partial charge >= 0.3 is 0 Å². The molecule has 43 heavy (non-hydrogen) atoms. The van der Waals surface area contributed by atoms with Crippen LogP contribution >= 0.6 is 0 Å². The van der Waals surface area contributed by atoms with Crippen LogP contribution in [0.25, 0.3) is 0 Å². The van der Waals surface area contributed by atoms with Crippen molar-refractivity contribution in [2.24, 2.45) is 7.05 Å². The third kappa shape index (κ3) is 6.38. The van der Waals surface area contributed by atoms with Crippen molar-refractivity contribution >= 4 is 15.8 Å². The van der Waals surface area contributed by atoms with E-state index in [9.17, 15) is 17.2 Å². The van der Waals surface area contributed by atoms with Crippen LogP contribution in [0.15, 0.2) is 72.1 Å². The summed E-state index contributed by atoms with van der Waals surface area (Å²) in [4.78, 5) is 7.32. The second kappa shape index (κ2) is 12.1. The third-order valence-electron chi connectivity index (χ3n) is 7.39. The number of aryl methyl sites for hydroxylation is 1. The van der Waals surface area contributed by atoms with Gasteiger partial charge in [0.05, 0.1) is 20.8 Å². The number of methoxy groups -OCH3 is 2. The van der Waals surface area contributed by atoms with E-state index in [1.54, 1.807) is 31.3 Å². The van der Waals surface area contributed by atoms with Gasteiger partial charge in [-0.25, -0.2) is 35.9 Å². The second-order valence-corrected chi connectivity index (χ2v) is 11.9. The van der Waals surface area contributed by atoms with Crippen molar-refractivity contribution in [1.82, 2.24) is 19.7 Å². The van der Waals surface area contributed by atoms with Crippen molar-refractivity contribution in [3.8, 4) is 17.2 Å². The number of nitrogens with zero attached hydrogens (tertiary/aromatic N) is 5. The lowest BCUT2D eigenvalue weighted by molar-refractivity contribution is -0.0698. The molecule has 1 fully saturated rings. The van der Waals surface area contributed by atoms with Crippen LogP contribution in [0, 0.1) is 5.82 Å². The van der Waals surface area contributed by atoms with E-state index in [2.05, 4.69) is 15.1 Å². The fraction of sp³-hybridized carbons (Fsp3) is 0.345. The molecule has 2 atom stereocenters. The number of sulfonamides is 1. The predicted octanol–water partition coefficient (Wildman–Crippen LogP) is 5.11. The van der Waals surface area contributed by atoms with E-state index in [1.165, 1.54) is 49.8 Å². The maximum Gasteiger partial charge on any atom is 0.268 e. The highest BCUT2D eigenvalue weighted by atomic mass is 32.2. The Balaban J connectivity index is 1.45. The van der Waals surface area contributed by atoms with Crippen LogP contribution in [0.4, 0.5) is 19.0 Å². The molecular formula is C29H30F3N5O5S. The number of alkyl halides is 2. The lowest BCUT2D eigenvalue weighted by Gasteiger charge is -2.36. The van der Waals surface area contributed by atoms with Crippen LogP contribution in [0.5, 0.6) is 17.2 Å². The molecule has 1 aliphatic rings. The highest BCUT2D eigenvalue weighted by Gasteiger charge is 2.44. The summed E-state index contributed by atoms with van der Waals surface area (Å²) in [6, 6.07) is 11.3. The van der Waals surface area contributed by atoms with Gasteiger partial charge in [0.2, 0.25) is 5.92 Å². The molecule has 14 heteroatoms. The summed E-state index contributed by atoms with van der Waals surface area (Å²) in [5.74, 6) is -3.76. The number of aromatic nitrogens is 4. The Morgan fingerprint density at radius 1 is 1.05 bits per heavy atom. The number of hydrogen-bond acceptors (Lipinski definition) is 8. The third-order valence-corrected chi connectivity index (χ3v) is 9.17. The van der Waals surface area contributed by atoms with Crippen molar-refractivity contribution < 1.29 is 35.8 Å². The van der Waals surface area contributed by atoms with Gasteiger partial charge in [0.15, 0.2) is 0 Å². The molecule has 2 aromatic carbocycles. The van der Waals surface area contributed by atoms with Gasteiger partial charge in [-0.2, -0.15) is 5.10 Å². The van der Waals surface area contributed by atoms with E-state index in [1.807, 2.05) is 0 Å². The fourth-order valence-electron chi connectivity index (χ4n) is 5.21. The summed E-state index contributed by atoms with van der Waals surface area (Å²) in [6.45, 7) is -0.243. The van der Waals surface area contributed by atoms with Crippen LogP contribution < -0.4 is 18.5 Å². The zero-order valence-electron chi connectivity index (χ0n) is 23.7. The summed E-state index contributed by atoms with van der Waals surface area (Å²) < 4.78 is 91.3. The Hall–Kier alpha value is -4.33. The maximum absolute atomic E-state index is 15.6. The van der Waals surface area contributed by atoms with Gasteiger partial charge in [-0.05, 0) is 36.8 Å². The molecule has 0 N–H and O–H groups in total. The summed E-state index contributed by atoms with van der Waals surface area (Å²) >= 11 is 0. The Morgan fingerprint density at radius 3 is 2.49 bits per heavy atom. The predicted molar refractivity (Wildman–Crippen MR) is 151 cm³/mol. The number of rotatable bonds is 10. The molecule has 2 unspecified atom stereocenters. The van der Waals surface area contributed by atoms with Crippen LogP contribution in [0.2, 0.25) is 0 Å². The molecule has 2 aromatic heterocycles. The van der Waals surface area contributed by atoms with Gasteiger partial charge in [0, 0.05) is 67.7 Å². The SMILES string of the molecule is COc1ccc(CN(c2ccncn2)S(=O)(=O)c2ccc(OC3CCC(F)(F)CC3c3ccnn3C)cc2F)c(OC)c1. The molecule has 1 saturated carbocycles. The number of benzene rings is 2. The van der Waals surface area contributed by atoms with E-state index >= 15 is 4.39 Å². The van der Waals surface area contributed by atoms with E-state index < -0.39 is 45.1 Å². The first kappa shape index (κ1) is 30.1. The van der Waals surface area contributed by atoms with Crippen molar-refractivity contribution in [3.63, 3.8) is 0 Å². The second-order valence-electron chi connectivity index (χ2n) is 10.1. The number of hydrogen-bond donors (Lipinski definition) is 0. The van der Waals surface area contributed by atoms with Crippen LogP contribution in [0.3, 0.4) is 0 Å². The summed E-state index contributed by atoms with van der Waals surface area (Å²) in [5, 5.41) is 4.09. The Bertz CT molecular complexity index is 1690. The van der Waals surface area contributed by atoms with Gasteiger partial charge in [-0.15, -0.1) is 0 Å². The van der Waals surface area contributed by atoms with E-state index in [0.717, 1.165) is 16.4 Å². The van der Waals surface area contributed by atoms with Gasteiger partial charge in [-0.3, -0.25) is 4.68 Å². The molecule has 0 bridgehead atoms. The van der Waals surface area contributed by atoms with Gasteiger partial charge in [0.1, 0.15) is 46.2 Å². The average Bonchev–Trinajstić information content (AvgIpc) is 3.42. The normalized spacial score (nSPS) is 18.2. The minimum absolute atomic E-state index is 0.00903. The highest BCUT2D eigenvalue weighted by Crippen LogP contribution is 2.43. The van der Waals surface area contributed by atoms with Gasteiger partial charge in [-0.1, -0.05) is 0 Å². The molecule has 228 valence electrons. The van der Waals surface area contributed by atoms with Crippen LogP contribution in [0.1, 0.15) is 36.4 Å².